The summed E-state index contributed by atoms with van der Waals surface area (Å²) in [5.74, 6) is -0.343. The minimum absolute atomic E-state index is 0.209. The Morgan fingerprint density at radius 1 is 1.24 bits per heavy atom. The zero-order chi connectivity index (χ0) is 13.1. The Hall–Kier alpha value is -0.940. The first-order valence-electron chi connectivity index (χ1n) is 5.60. The molecule has 0 radical (unpaired) electrons. The Bertz CT molecular complexity index is 471. The molecule has 3 nitrogen and oxygen atoms in total. The molecule has 1 rings (SSSR count). The van der Waals surface area contributed by atoms with Crippen molar-refractivity contribution in [1.29, 1.82) is 0 Å². The molecule has 0 spiro atoms. The van der Waals surface area contributed by atoms with Gasteiger partial charge in [0.15, 0.2) is 0 Å². The first-order chi connectivity index (χ1) is 7.83. The van der Waals surface area contributed by atoms with Crippen LogP contribution in [0.4, 0.5) is 4.39 Å². The van der Waals surface area contributed by atoms with Crippen LogP contribution in [-0.2, 0) is 10.0 Å². The van der Waals surface area contributed by atoms with E-state index in [4.69, 9.17) is 0 Å². The first kappa shape index (κ1) is 14.1. The molecular formula is C12H18FNO2S. The summed E-state index contributed by atoms with van der Waals surface area (Å²) in [6.07, 6.45) is 0.716. The molecule has 1 atom stereocenters. The number of rotatable bonds is 5. The van der Waals surface area contributed by atoms with E-state index in [1.54, 1.807) is 6.92 Å². The van der Waals surface area contributed by atoms with Gasteiger partial charge in [-0.2, -0.15) is 0 Å². The lowest BCUT2D eigenvalue weighted by atomic mass is 10.1. The smallest absolute Gasteiger partial charge is 0.208 e. The molecule has 5 heteroatoms. The van der Waals surface area contributed by atoms with Crippen molar-refractivity contribution >= 4 is 10.0 Å². The van der Waals surface area contributed by atoms with Crippen molar-refractivity contribution in [3.8, 4) is 0 Å². The third-order valence-corrected chi connectivity index (χ3v) is 3.93. The van der Waals surface area contributed by atoms with E-state index >= 15 is 0 Å². The van der Waals surface area contributed by atoms with Crippen LogP contribution in [0, 0.1) is 11.7 Å². The molecule has 1 aromatic rings. The van der Waals surface area contributed by atoms with E-state index in [9.17, 15) is 12.8 Å². The van der Waals surface area contributed by atoms with Gasteiger partial charge < -0.3 is 0 Å². The molecule has 0 saturated carbocycles. The molecule has 96 valence electrons. The maximum absolute atomic E-state index is 13.4. The predicted molar refractivity (Wildman–Crippen MR) is 65.6 cm³/mol. The Labute approximate surface area is 102 Å². The molecule has 17 heavy (non-hydrogen) atoms. The van der Waals surface area contributed by atoms with Gasteiger partial charge in [0.05, 0.1) is 0 Å². The molecule has 0 bridgehead atoms. The average molecular weight is 259 g/mol. The van der Waals surface area contributed by atoms with Crippen LogP contribution >= 0.6 is 0 Å². The van der Waals surface area contributed by atoms with E-state index in [0.717, 1.165) is 6.07 Å². The van der Waals surface area contributed by atoms with E-state index in [1.165, 1.54) is 18.2 Å². The van der Waals surface area contributed by atoms with Crippen molar-refractivity contribution in [3.05, 3.63) is 30.1 Å². The summed E-state index contributed by atoms with van der Waals surface area (Å²) in [4.78, 5) is -0.296. The van der Waals surface area contributed by atoms with Crippen molar-refractivity contribution in [1.82, 2.24) is 4.72 Å². The molecule has 0 heterocycles. The fourth-order valence-corrected chi connectivity index (χ4v) is 3.08. The second-order valence-corrected chi connectivity index (χ2v) is 6.26. The minimum atomic E-state index is -3.76. The summed E-state index contributed by atoms with van der Waals surface area (Å²) in [5, 5.41) is 0. The normalized spacial score (nSPS) is 13.9. The van der Waals surface area contributed by atoms with Crippen LogP contribution in [0.25, 0.3) is 0 Å². The van der Waals surface area contributed by atoms with Crippen LogP contribution in [0.5, 0.6) is 0 Å². The van der Waals surface area contributed by atoms with Gasteiger partial charge >= 0.3 is 0 Å². The van der Waals surface area contributed by atoms with Gasteiger partial charge in [0.25, 0.3) is 0 Å². The number of nitrogens with one attached hydrogen (secondary N) is 1. The molecule has 1 N–H and O–H groups in total. The van der Waals surface area contributed by atoms with Gasteiger partial charge in [0, 0.05) is 6.04 Å². The number of halogens is 1. The van der Waals surface area contributed by atoms with Gasteiger partial charge in [0.2, 0.25) is 10.0 Å². The average Bonchev–Trinajstić information content (AvgIpc) is 2.15. The standard InChI is InChI=1S/C12H18FNO2S/c1-9(2)8-10(3)14-17(15,16)12-7-5-4-6-11(12)13/h4-7,9-10,14H,8H2,1-3H3. The third-order valence-electron chi connectivity index (χ3n) is 2.31. The van der Waals surface area contributed by atoms with Crippen LogP contribution in [0.15, 0.2) is 29.2 Å². The molecule has 0 aromatic heterocycles. The molecule has 0 fully saturated rings. The van der Waals surface area contributed by atoms with Gasteiger partial charge in [-0.05, 0) is 31.4 Å². The predicted octanol–water partition coefficient (Wildman–Crippen LogP) is 2.54. The Balaban J connectivity index is 2.86. The number of hydrogen-bond donors (Lipinski definition) is 1. The van der Waals surface area contributed by atoms with E-state index in [1.807, 2.05) is 13.8 Å². The van der Waals surface area contributed by atoms with Gasteiger partial charge in [-0.1, -0.05) is 26.0 Å². The summed E-state index contributed by atoms with van der Waals surface area (Å²) in [6, 6.07) is 5.16. The monoisotopic (exact) mass is 259 g/mol. The largest absolute Gasteiger partial charge is 0.243 e. The zero-order valence-electron chi connectivity index (χ0n) is 10.3. The van der Waals surface area contributed by atoms with Gasteiger partial charge in [-0.3, -0.25) is 0 Å². The van der Waals surface area contributed by atoms with Crippen molar-refractivity contribution in [2.75, 3.05) is 0 Å². The van der Waals surface area contributed by atoms with Crippen molar-refractivity contribution in [3.63, 3.8) is 0 Å². The van der Waals surface area contributed by atoms with E-state index in [2.05, 4.69) is 4.72 Å². The Kier molecular flexibility index (Phi) is 4.65. The molecule has 1 aromatic carbocycles. The summed E-state index contributed by atoms with van der Waals surface area (Å²) in [5.41, 5.74) is 0. The van der Waals surface area contributed by atoms with Crippen molar-refractivity contribution < 1.29 is 12.8 Å². The van der Waals surface area contributed by atoms with E-state index in [-0.39, 0.29) is 10.9 Å². The van der Waals surface area contributed by atoms with Gasteiger partial charge in [0.1, 0.15) is 10.7 Å². The van der Waals surface area contributed by atoms with Crippen LogP contribution in [0.1, 0.15) is 27.2 Å². The highest BCUT2D eigenvalue weighted by molar-refractivity contribution is 7.89. The zero-order valence-corrected chi connectivity index (χ0v) is 11.1. The quantitative estimate of drug-likeness (QED) is 0.883. The summed E-state index contributed by atoms with van der Waals surface area (Å²) >= 11 is 0. The summed E-state index contributed by atoms with van der Waals surface area (Å²) in [6.45, 7) is 5.79. The lowest BCUT2D eigenvalue weighted by Gasteiger charge is -2.16. The van der Waals surface area contributed by atoms with Gasteiger partial charge in [-0.15, -0.1) is 0 Å². The molecule has 0 aliphatic heterocycles. The molecular weight excluding hydrogens is 241 g/mol. The lowest BCUT2D eigenvalue weighted by molar-refractivity contribution is 0.480. The molecule has 0 amide bonds. The highest BCUT2D eigenvalue weighted by Crippen LogP contribution is 2.15. The third kappa shape index (κ3) is 4.09. The lowest BCUT2D eigenvalue weighted by Crippen LogP contribution is -2.34. The minimum Gasteiger partial charge on any atom is -0.208 e. The van der Waals surface area contributed by atoms with Crippen LogP contribution < -0.4 is 4.72 Å². The number of benzene rings is 1. The topological polar surface area (TPSA) is 46.2 Å². The molecule has 0 aliphatic rings. The maximum Gasteiger partial charge on any atom is 0.243 e. The highest BCUT2D eigenvalue weighted by Gasteiger charge is 2.20. The Morgan fingerprint density at radius 3 is 2.35 bits per heavy atom. The fraction of sp³-hybridized carbons (Fsp3) is 0.500. The second kappa shape index (κ2) is 5.60. The van der Waals surface area contributed by atoms with E-state index < -0.39 is 15.8 Å². The number of sulfonamides is 1. The van der Waals surface area contributed by atoms with Crippen LogP contribution in [0.2, 0.25) is 0 Å². The second-order valence-electron chi connectivity index (χ2n) is 4.58. The Morgan fingerprint density at radius 2 is 1.82 bits per heavy atom. The van der Waals surface area contributed by atoms with Crippen LogP contribution in [-0.4, -0.2) is 14.5 Å². The number of hydrogen-bond acceptors (Lipinski definition) is 2. The molecule has 0 aliphatic carbocycles. The van der Waals surface area contributed by atoms with Crippen LogP contribution in [0.3, 0.4) is 0 Å². The van der Waals surface area contributed by atoms with E-state index in [0.29, 0.717) is 12.3 Å². The molecule has 0 saturated heterocycles. The molecule has 1 unspecified atom stereocenters. The summed E-state index contributed by atoms with van der Waals surface area (Å²) < 4.78 is 39.6. The fourth-order valence-electron chi connectivity index (χ4n) is 1.75. The maximum atomic E-state index is 13.4. The first-order valence-corrected chi connectivity index (χ1v) is 7.08. The summed E-state index contributed by atoms with van der Waals surface area (Å²) in [7, 11) is -3.76. The SMILES string of the molecule is CC(C)CC(C)NS(=O)(=O)c1ccccc1F. The highest BCUT2D eigenvalue weighted by atomic mass is 32.2. The van der Waals surface area contributed by atoms with Crippen molar-refractivity contribution in [2.24, 2.45) is 5.92 Å². The van der Waals surface area contributed by atoms with Gasteiger partial charge in [-0.25, -0.2) is 17.5 Å². The van der Waals surface area contributed by atoms with Crippen molar-refractivity contribution in [2.45, 2.75) is 38.1 Å².